The van der Waals surface area contributed by atoms with Gasteiger partial charge in [0.2, 0.25) is 0 Å². The van der Waals surface area contributed by atoms with Gasteiger partial charge in [0.25, 0.3) is 0 Å². The Morgan fingerprint density at radius 1 is 1.06 bits per heavy atom. The Kier molecular flexibility index (Phi) is 5.01. The quantitative estimate of drug-likeness (QED) is 0.633. The molecule has 2 aromatic heterocycles. The van der Waals surface area contributed by atoms with Crippen LogP contribution in [0, 0.1) is 31.4 Å². The van der Waals surface area contributed by atoms with Gasteiger partial charge in [-0.15, -0.1) is 0 Å². The van der Waals surface area contributed by atoms with Crippen molar-refractivity contribution in [2.24, 2.45) is 5.92 Å². The second-order valence-corrected chi connectivity index (χ2v) is 8.86. The van der Waals surface area contributed by atoms with Crippen LogP contribution < -0.4 is 4.90 Å². The van der Waals surface area contributed by atoms with Gasteiger partial charge in [-0.25, -0.2) is 8.78 Å². The summed E-state index contributed by atoms with van der Waals surface area (Å²) in [4.78, 5) is 6.15. The highest BCUT2D eigenvalue weighted by atomic mass is 19.1. The molecule has 2 saturated heterocycles. The number of aryl methyl sites for hydroxylation is 2. The fraction of sp³-hybridized carbons (Fsp3) is 0.417. The summed E-state index contributed by atoms with van der Waals surface area (Å²) < 4.78 is 30.8. The van der Waals surface area contributed by atoms with E-state index in [2.05, 4.69) is 15.2 Å². The van der Waals surface area contributed by atoms with Gasteiger partial charge in [-0.1, -0.05) is 0 Å². The molecule has 1 unspecified atom stereocenters. The monoisotopic (exact) mass is 424 g/mol. The van der Waals surface area contributed by atoms with Gasteiger partial charge >= 0.3 is 0 Å². The van der Waals surface area contributed by atoms with Gasteiger partial charge in [0.1, 0.15) is 23.0 Å². The Labute approximate surface area is 180 Å². The van der Waals surface area contributed by atoms with Crippen molar-refractivity contribution in [3.8, 4) is 22.4 Å². The minimum atomic E-state index is -0.549. The molecule has 2 aliphatic heterocycles. The number of benzene rings is 1. The third kappa shape index (κ3) is 3.41. The molecule has 0 spiro atoms. The Hall–Kier alpha value is -2.80. The minimum Gasteiger partial charge on any atom is -0.396 e. The van der Waals surface area contributed by atoms with Crippen LogP contribution >= 0.6 is 0 Å². The Bertz CT molecular complexity index is 1090. The highest BCUT2D eigenvalue weighted by Gasteiger charge is 2.42. The van der Waals surface area contributed by atoms with Crippen molar-refractivity contribution >= 4 is 5.69 Å². The number of nitrogens with zero attached hydrogens (tertiary/aromatic N) is 3. The SMILES string of the molecule is Cc1cc(-c2n[nH]c(C)c2-c2cc(F)c(N3[C@@H]4CC[C@H]3CC(CO)C4)c(F)c2)ccn1. The van der Waals surface area contributed by atoms with Gasteiger partial charge in [0.05, 0.1) is 0 Å². The number of piperidine rings is 1. The van der Waals surface area contributed by atoms with Gasteiger partial charge in [-0.05, 0) is 75.3 Å². The maximum absolute atomic E-state index is 15.4. The number of pyridine rings is 1. The summed E-state index contributed by atoms with van der Waals surface area (Å²) in [6, 6.07) is 6.75. The zero-order valence-corrected chi connectivity index (χ0v) is 17.7. The molecule has 5 nitrogen and oxygen atoms in total. The lowest BCUT2D eigenvalue weighted by molar-refractivity contribution is 0.185. The predicted octanol–water partition coefficient (Wildman–Crippen LogP) is 4.77. The number of halogens is 2. The molecule has 0 saturated carbocycles. The number of aliphatic hydroxyl groups excluding tert-OH is 1. The number of hydrogen-bond acceptors (Lipinski definition) is 4. The lowest BCUT2D eigenvalue weighted by Gasteiger charge is -2.40. The van der Waals surface area contributed by atoms with E-state index in [1.807, 2.05) is 30.9 Å². The van der Waals surface area contributed by atoms with Crippen LogP contribution in [-0.2, 0) is 0 Å². The number of rotatable bonds is 4. The van der Waals surface area contributed by atoms with Crippen molar-refractivity contribution in [3.63, 3.8) is 0 Å². The van der Waals surface area contributed by atoms with Crippen LogP contribution in [0.1, 0.15) is 37.1 Å². The molecule has 0 radical (unpaired) electrons. The number of nitrogens with one attached hydrogen (secondary N) is 1. The van der Waals surface area contributed by atoms with Crippen molar-refractivity contribution < 1.29 is 13.9 Å². The van der Waals surface area contributed by atoms with Gasteiger partial charge in [0.15, 0.2) is 0 Å². The molecule has 2 bridgehead atoms. The van der Waals surface area contributed by atoms with Crippen molar-refractivity contribution in [3.05, 3.63) is 53.5 Å². The predicted molar refractivity (Wildman–Crippen MR) is 116 cm³/mol. The summed E-state index contributed by atoms with van der Waals surface area (Å²) in [7, 11) is 0. The summed E-state index contributed by atoms with van der Waals surface area (Å²) in [5.41, 5.74) is 4.32. The maximum Gasteiger partial charge on any atom is 0.150 e. The largest absolute Gasteiger partial charge is 0.396 e. The third-order valence-corrected chi connectivity index (χ3v) is 6.77. The molecule has 162 valence electrons. The normalized spacial score (nSPS) is 22.9. The summed E-state index contributed by atoms with van der Waals surface area (Å²) in [5.74, 6) is -0.877. The van der Waals surface area contributed by atoms with Crippen LogP contribution in [0.15, 0.2) is 30.5 Å². The summed E-state index contributed by atoms with van der Waals surface area (Å²) in [5, 5.41) is 16.9. The van der Waals surface area contributed by atoms with Crippen molar-refractivity contribution in [1.82, 2.24) is 15.2 Å². The molecule has 2 N–H and O–H groups in total. The van der Waals surface area contributed by atoms with E-state index in [1.165, 1.54) is 12.1 Å². The van der Waals surface area contributed by atoms with Gasteiger partial charge < -0.3 is 10.0 Å². The van der Waals surface area contributed by atoms with Gasteiger partial charge in [-0.3, -0.25) is 10.1 Å². The lowest BCUT2D eigenvalue weighted by atomic mass is 9.90. The Balaban J connectivity index is 1.55. The van der Waals surface area contributed by atoms with E-state index >= 15 is 8.78 Å². The molecule has 2 aliphatic rings. The van der Waals surface area contributed by atoms with Crippen LogP contribution in [0.3, 0.4) is 0 Å². The smallest absolute Gasteiger partial charge is 0.150 e. The molecule has 7 heteroatoms. The Morgan fingerprint density at radius 3 is 2.35 bits per heavy atom. The summed E-state index contributed by atoms with van der Waals surface area (Å²) in [6.45, 7) is 3.89. The first-order valence-corrected chi connectivity index (χ1v) is 10.8. The van der Waals surface area contributed by atoms with E-state index in [4.69, 9.17) is 0 Å². The average Bonchev–Trinajstić information content (AvgIpc) is 3.23. The minimum absolute atomic E-state index is 0.0649. The zero-order valence-electron chi connectivity index (χ0n) is 17.7. The van der Waals surface area contributed by atoms with Crippen LogP contribution in [0.5, 0.6) is 0 Å². The molecule has 4 heterocycles. The molecule has 0 amide bonds. The molecule has 2 fully saturated rings. The van der Waals surface area contributed by atoms with Crippen molar-refractivity contribution in [2.45, 2.75) is 51.6 Å². The number of fused-ring (bicyclic) bond motifs is 2. The van der Waals surface area contributed by atoms with Crippen molar-refractivity contribution in [2.75, 3.05) is 11.5 Å². The maximum atomic E-state index is 15.4. The number of aromatic amines is 1. The molecule has 3 atom stereocenters. The number of anilines is 1. The fourth-order valence-electron chi connectivity index (χ4n) is 5.44. The van der Waals surface area contributed by atoms with E-state index in [0.29, 0.717) is 16.8 Å². The second kappa shape index (κ2) is 7.71. The van der Waals surface area contributed by atoms with E-state index in [1.54, 1.807) is 6.20 Å². The highest BCUT2D eigenvalue weighted by molar-refractivity contribution is 5.83. The van der Waals surface area contributed by atoms with Crippen LogP contribution in [0.4, 0.5) is 14.5 Å². The van der Waals surface area contributed by atoms with Crippen LogP contribution in [0.25, 0.3) is 22.4 Å². The molecule has 1 aromatic carbocycles. The van der Waals surface area contributed by atoms with Crippen molar-refractivity contribution in [1.29, 1.82) is 0 Å². The number of hydrogen-bond donors (Lipinski definition) is 2. The zero-order chi connectivity index (χ0) is 21.7. The third-order valence-electron chi connectivity index (χ3n) is 6.77. The van der Waals surface area contributed by atoms with E-state index in [0.717, 1.165) is 42.6 Å². The highest BCUT2D eigenvalue weighted by Crippen LogP contribution is 2.44. The molecule has 31 heavy (non-hydrogen) atoms. The molecular formula is C24H26F2N4O. The average molecular weight is 424 g/mol. The van der Waals surface area contributed by atoms with E-state index in [9.17, 15) is 5.11 Å². The number of aromatic nitrogens is 3. The lowest BCUT2D eigenvalue weighted by Crippen LogP contribution is -2.44. The molecule has 5 rings (SSSR count). The number of aliphatic hydroxyl groups is 1. The van der Waals surface area contributed by atoms with E-state index in [-0.39, 0.29) is 30.3 Å². The Morgan fingerprint density at radius 2 is 1.74 bits per heavy atom. The van der Waals surface area contributed by atoms with Crippen LogP contribution in [0.2, 0.25) is 0 Å². The standard InChI is InChI=1S/C24H26F2N4O/c1-13-7-16(5-6-27-13)23-22(14(2)28-29-23)17-10-20(25)24(21(26)11-17)30-18-3-4-19(30)9-15(8-18)12-31/h5-7,10-11,15,18-19,31H,3-4,8-9,12H2,1-2H3,(H,28,29)/t15?,18-,19+. The van der Waals surface area contributed by atoms with Gasteiger partial charge in [0, 0.05) is 47.4 Å². The van der Waals surface area contributed by atoms with E-state index < -0.39 is 11.6 Å². The summed E-state index contributed by atoms with van der Waals surface area (Å²) >= 11 is 0. The molecule has 0 aliphatic carbocycles. The second-order valence-electron chi connectivity index (χ2n) is 8.86. The number of H-pyrrole nitrogens is 1. The molecular weight excluding hydrogens is 398 g/mol. The first kappa shape index (κ1) is 20.1. The summed E-state index contributed by atoms with van der Waals surface area (Å²) in [6.07, 6.45) is 5.08. The van der Waals surface area contributed by atoms with Gasteiger partial charge in [-0.2, -0.15) is 5.10 Å². The molecule has 3 aromatic rings. The first-order chi connectivity index (χ1) is 15.0. The topological polar surface area (TPSA) is 65.0 Å². The fourth-order valence-corrected chi connectivity index (χ4v) is 5.44. The first-order valence-electron chi connectivity index (χ1n) is 10.8. The van der Waals surface area contributed by atoms with Crippen LogP contribution in [-0.4, -0.2) is 39.0 Å².